The highest BCUT2D eigenvalue weighted by Crippen LogP contribution is 2.33. The second-order valence-corrected chi connectivity index (χ2v) is 10.7. The van der Waals surface area contributed by atoms with Gasteiger partial charge in [0, 0.05) is 24.3 Å². The van der Waals surface area contributed by atoms with Crippen LogP contribution in [-0.4, -0.2) is 50.4 Å². The third-order valence-corrected chi connectivity index (χ3v) is 7.42. The maximum Gasteiger partial charge on any atom is 0.417 e. The number of carbonyl (C=O) groups excluding carboxylic acids is 2. The van der Waals surface area contributed by atoms with E-state index in [9.17, 15) is 36.3 Å². The monoisotopic (exact) mass is 555 g/mol. The van der Waals surface area contributed by atoms with Gasteiger partial charge in [-0.25, -0.2) is 8.42 Å². The minimum Gasteiger partial charge on any atom is -0.469 e. The number of esters is 1. The Balaban J connectivity index is 1.99. The third-order valence-electron chi connectivity index (χ3n) is 5.49. The van der Waals surface area contributed by atoms with Crippen molar-refractivity contribution >= 4 is 33.1 Å². The number of ether oxygens (including phenoxy) is 1. The van der Waals surface area contributed by atoms with Gasteiger partial charge in [0.1, 0.15) is 0 Å². The summed E-state index contributed by atoms with van der Waals surface area (Å²) in [5, 5.41) is 24.6. The SMILES string of the molecule is COC(=O)CCCCCNc1ccc(S(=O)(=O)C[C@](C)(O)C(=O)Nc2ccc(C#N)c(C(F)(F)F)c2)cc1. The largest absolute Gasteiger partial charge is 0.469 e. The fraction of sp³-hybridized carbons (Fsp3) is 0.400. The lowest BCUT2D eigenvalue weighted by Crippen LogP contribution is -2.45. The molecule has 0 radical (unpaired) electrons. The van der Waals surface area contributed by atoms with Crippen LogP contribution in [0.2, 0.25) is 0 Å². The van der Waals surface area contributed by atoms with Gasteiger partial charge >= 0.3 is 12.1 Å². The summed E-state index contributed by atoms with van der Waals surface area (Å²) < 4.78 is 69.7. The molecule has 3 N–H and O–H groups in total. The van der Waals surface area contributed by atoms with E-state index in [0.29, 0.717) is 31.1 Å². The molecule has 9 nitrogen and oxygen atoms in total. The van der Waals surface area contributed by atoms with E-state index in [-0.39, 0.29) is 16.6 Å². The molecule has 13 heteroatoms. The molecular weight excluding hydrogens is 527 g/mol. The predicted octanol–water partition coefficient (Wildman–Crippen LogP) is 3.89. The summed E-state index contributed by atoms with van der Waals surface area (Å²) in [4.78, 5) is 23.5. The number of nitrogens with zero attached hydrogens (tertiary/aromatic N) is 1. The number of alkyl halides is 3. The number of unbranched alkanes of at least 4 members (excludes halogenated alkanes) is 2. The average Bonchev–Trinajstić information content (AvgIpc) is 2.85. The lowest BCUT2D eigenvalue weighted by Gasteiger charge is -2.22. The van der Waals surface area contributed by atoms with Crippen LogP contribution in [0, 0.1) is 11.3 Å². The molecule has 0 fully saturated rings. The van der Waals surface area contributed by atoms with E-state index in [1.807, 2.05) is 0 Å². The number of sulfone groups is 1. The normalized spacial score (nSPS) is 13.2. The van der Waals surface area contributed by atoms with Crippen LogP contribution < -0.4 is 10.6 Å². The molecular formula is C25H28F3N3O6S. The fourth-order valence-corrected chi connectivity index (χ4v) is 5.01. The summed E-state index contributed by atoms with van der Waals surface area (Å²) in [6.45, 7) is 1.53. The van der Waals surface area contributed by atoms with Crippen molar-refractivity contribution in [1.29, 1.82) is 5.26 Å². The Kier molecular flexibility index (Phi) is 10.3. The summed E-state index contributed by atoms with van der Waals surface area (Å²) in [5.74, 6) is -2.53. The Bertz CT molecular complexity index is 1290. The van der Waals surface area contributed by atoms with E-state index in [1.165, 1.54) is 37.4 Å². The number of nitrogens with one attached hydrogen (secondary N) is 2. The first kappa shape index (κ1) is 30.6. The van der Waals surface area contributed by atoms with E-state index in [4.69, 9.17) is 5.26 Å². The van der Waals surface area contributed by atoms with Gasteiger partial charge in [-0.15, -0.1) is 0 Å². The molecule has 0 aliphatic rings. The van der Waals surface area contributed by atoms with Gasteiger partial charge in [-0.05, 0) is 62.2 Å². The first-order valence-electron chi connectivity index (χ1n) is 11.5. The lowest BCUT2D eigenvalue weighted by molar-refractivity contribution is -0.141. The number of hydrogen-bond donors (Lipinski definition) is 3. The minimum absolute atomic E-state index is 0.160. The summed E-state index contributed by atoms with van der Waals surface area (Å²) in [7, 11) is -2.83. The summed E-state index contributed by atoms with van der Waals surface area (Å²) in [6, 6.07) is 9.50. The molecule has 0 heterocycles. The van der Waals surface area contributed by atoms with Gasteiger partial charge in [-0.2, -0.15) is 18.4 Å². The predicted molar refractivity (Wildman–Crippen MR) is 133 cm³/mol. The van der Waals surface area contributed by atoms with E-state index < -0.39 is 44.4 Å². The molecule has 38 heavy (non-hydrogen) atoms. The number of hydrogen-bond acceptors (Lipinski definition) is 8. The summed E-state index contributed by atoms with van der Waals surface area (Å²) >= 11 is 0. The van der Waals surface area contributed by atoms with Crippen LogP contribution in [0.15, 0.2) is 47.4 Å². The maximum atomic E-state index is 13.2. The van der Waals surface area contributed by atoms with Crippen LogP contribution in [0.4, 0.5) is 24.5 Å². The topological polar surface area (TPSA) is 146 Å². The first-order chi connectivity index (χ1) is 17.7. The van der Waals surface area contributed by atoms with E-state index in [1.54, 1.807) is 0 Å². The van der Waals surface area contributed by atoms with Gasteiger partial charge in [0.15, 0.2) is 15.4 Å². The van der Waals surface area contributed by atoms with Crippen molar-refractivity contribution in [1.82, 2.24) is 0 Å². The van der Waals surface area contributed by atoms with Gasteiger partial charge in [-0.3, -0.25) is 9.59 Å². The van der Waals surface area contributed by atoms with Crippen LogP contribution >= 0.6 is 0 Å². The number of anilines is 2. The van der Waals surface area contributed by atoms with Gasteiger partial charge < -0.3 is 20.5 Å². The van der Waals surface area contributed by atoms with Crippen molar-refractivity contribution in [3.8, 4) is 6.07 Å². The fourth-order valence-electron chi connectivity index (χ4n) is 3.42. The van der Waals surface area contributed by atoms with Gasteiger partial charge in [0.25, 0.3) is 5.91 Å². The van der Waals surface area contributed by atoms with E-state index >= 15 is 0 Å². The number of rotatable bonds is 12. The van der Waals surface area contributed by atoms with Gasteiger partial charge in [0.2, 0.25) is 0 Å². The molecule has 1 atom stereocenters. The molecule has 0 saturated heterocycles. The molecule has 2 aromatic carbocycles. The molecule has 0 aromatic heterocycles. The van der Waals surface area contributed by atoms with Crippen molar-refractivity contribution < 1.29 is 41.0 Å². The van der Waals surface area contributed by atoms with Crippen LogP contribution in [0.5, 0.6) is 0 Å². The molecule has 2 aromatic rings. The molecule has 0 bridgehead atoms. The number of carbonyl (C=O) groups is 2. The summed E-state index contributed by atoms with van der Waals surface area (Å²) in [5.41, 5.74) is -4.13. The van der Waals surface area contributed by atoms with Crippen LogP contribution in [-0.2, 0) is 30.3 Å². The Morgan fingerprint density at radius 2 is 1.68 bits per heavy atom. The molecule has 0 spiro atoms. The van der Waals surface area contributed by atoms with Crippen molar-refractivity contribution in [2.45, 2.75) is 49.3 Å². The zero-order valence-electron chi connectivity index (χ0n) is 20.8. The molecule has 1 amide bonds. The Morgan fingerprint density at radius 3 is 2.26 bits per heavy atom. The highest BCUT2D eigenvalue weighted by atomic mass is 32.2. The molecule has 0 aliphatic heterocycles. The molecule has 0 saturated carbocycles. The Hall–Kier alpha value is -3.63. The number of nitriles is 1. The highest BCUT2D eigenvalue weighted by molar-refractivity contribution is 7.91. The molecule has 0 aliphatic carbocycles. The number of amides is 1. The van der Waals surface area contributed by atoms with Crippen molar-refractivity contribution in [2.24, 2.45) is 0 Å². The molecule has 2 rings (SSSR count). The minimum atomic E-state index is -4.86. The number of methoxy groups -OCH3 is 1. The number of benzene rings is 2. The Morgan fingerprint density at radius 1 is 1.05 bits per heavy atom. The second-order valence-electron chi connectivity index (χ2n) is 8.69. The number of halogens is 3. The quantitative estimate of drug-likeness (QED) is 0.264. The van der Waals surface area contributed by atoms with Gasteiger partial charge in [-0.1, -0.05) is 6.42 Å². The molecule has 0 unspecified atom stereocenters. The number of aliphatic hydroxyl groups is 1. The third kappa shape index (κ3) is 8.74. The maximum absolute atomic E-state index is 13.2. The zero-order chi connectivity index (χ0) is 28.6. The van der Waals surface area contributed by atoms with Crippen molar-refractivity contribution in [2.75, 3.05) is 30.0 Å². The Labute approximate surface area is 218 Å². The van der Waals surface area contributed by atoms with Gasteiger partial charge in [0.05, 0.1) is 35.0 Å². The first-order valence-corrected chi connectivity index (χ1v) is 13.1. The summed E-state index contributed by atoms with van der Waals surface area (Å²) in [6.07, 6.45) is -2.26. The standard InChI is InChI=1S/C25H28F3N3O6S/c1-24(34,23(33)31-19-8-7-17(15-29)21(14-19)25(26,27)28)16-38(35,36)20-11-9-18(10-12-20)30-13-5-3-4-6-22(32)37-2/h7-12,14,30,34H,3-6,13,16H2,1-2H3,(H,31,33)/t24-/m0/s1. The highest BCUT2D eigenvalue weighted by Gasteiger charge is 2.38. The lowest BCUT2D eigenvalue weighted by atomic mass is 10.1. The van der Waals surface area contributed by atoms with Crippen LogP contribution in [0.25, 0.3) is 0 Å². The van der Waals surface area contributed by atoms with Crippen LogP contribution in [0.3, 0.4) is 0 Å². The van der Waals surface area contributed by atoms with E-state index in [2.05, 4.69) is 15.4 Å². The van der Waals surface area contributed by atoms with Crippen molar-refractivity contribution in [3.05, 3.63) is 53.6 Å². The zero-order valence-corrected chi connectivity index (χ0v) is 21.6. The van der Waals surface area contributed by atoms with Crippen molar-refractivity contribution in [3.63, 3.8) is 0 Å². The average molecular weight is 556 g/mol. The second kappa shape index (κ2) is 12.7. The smallest absolute Gasteiger partial charge is 0.417 e. The van der Waals surface area contributed by atoms with Crippen LogP contribution in [0.1, 0.15) is 43.7 Å². The molecule has 206 valence electrons. The van der Waals surface area contributed by atoms with E-state index in [0.717, 1.165) is 31.9 Å².